The zero-order valence-corrected chi connectivity index (χ0v) is 15.6. The number of ether oxygens (including phenoxy) is 1. The van der Waals surface area contributed by atoms with Crippen LogP contribution in [0, 0.1) is 0 Å². The molecule has 27 heavy (non-hydrogen) atoms. The number of hydrogen-bond acceptors (Lipinski definition) is 5. The monoisotopic (exact) mass is 369 g/mol. The molecule has 142 valence electrons. The predicted molar refractivity (Wildman–Crippen MR) is 104 cm³/mol. The predicted octanol–water partition coefficient (Wildman–Crippen LogP) is 2.41. The molecule has 0 fully saturated rings. The largest absolute Gasteiger partial charge is 0.497 e. The van der Waals surface area contributed by atoms with E-state index in [-0.39, 0.29) is 30.7 Å². The lowest BCUT2D eigenvalue weighted by atomic mass is 10.1. The Balaban J connectivity index is 1.79. The molecule has 2 aromatic rings. The molecule has 0 atom stereocenters. The van der Waals surface area contributed by atoms with E-state index in [0.717, 1.165) is 0 Å². The quantitative estimate of drug-likeness (QED) is 0.698. The highest BCUT2D eigenvalue weighted by atomic mass is 16.5. The Morgan fingerprint density at radius 3 is 1.70 bits per heavy atom. The summed E-state index contributed by atoms with van der Waals surface area (Å²) in [7, 11) is 3.26. The van der Waals surface area contributed by atoms with Crippen LogP contribution in [0.2, 0.25) is 0 Å². The van der Waals surface area contributed by atoms with Gasteiger partial charge in [-0.05, 0) is 62.5 Å². The van der Waals surface area contributed by atoms with Gasteiger partial charge < -0.3 is 15.4 Å². The molecule has 0 radical (unpaired) electrons. The standard InChI is InChI=1S/C20H23N3O4/c1-14(24)15-4-6-16(7-5-15)21-19(25)12-23(2)13-20(26)22-17-8-10-18(27-3)11-9-17/h4-11H,12-13H2,1-3H3,(H,21,25)(H,22,26). The molecular formula is C20H23N3O4. The summed E-state index contributed by atoms with van der Waals surface area (Å²) in [4.78, 5) is 37.0. The van der Waals surface area contributed by atoms with Gasteiger partial charge in [-0.1, -0.05) is 0 Å². The maximum absolute atomic E-state index is 12.1. The molecule has 0 aliphatic carbocycles. The van der Waals surface area contributed by atoms with Gasteiger partial charge in [-0.3, -0.25) is 19.3 Å². The van der Waals surface area contributed by atoms with Crippen LogP contribution in [0.5, 0.6) is 5.75 Å². The molecule has 0 spiro atoms. The van der Waals surface area contributed by atoms with Crippen LogP contribution < -0.4 is 15.4 Å². The van der Waals surface area contributed by atoms with E-state index >= 15 is 0 Å². The molecule has 0 heterocycles. The van der Waals surface area contributed by atoms with Crippen LogP contribution in [-0.2, 0) is 9.59 Å². The number of rotatable bonds is 8. The van der Waals surface area contributed by atoms with Crippen LogP contribution in [0.4, 0.5) is 11.4 Å². The molecule has 7 nitrogen and oxygen atoms in total. The molecule has 0 aliphatic heterocycles. The maximum atomic E-state index is 12.1. The third kappa shape index (κ3) is 6.56. The van der Waals surface area contributed by atoms with Gasteiger partial charge in [-0.15, -0.1) is 0 Å². The summed E-state index contributed by atoms with van der Waals surface area (Å²) in [6, 6.07) is 13.7. The zero-order chi connectivity index (χ0) is 19.8. The molecular weight excluding hydrogens is 346 g/mol. The second kappa shape index (κ2) is 9.49. The van der Waals surface area contributed by atoms with Crippen molar-refractivity contribution in [1.29, 1.82) is 0 Å². The van der Waals surface area contributed by atoms with E-state index in [1.165, 1.54) is 6.92 Å². The minimum atomic E-state index is -0.245. The third-order valence-corrected chi connectivity index (χ3v) is 3.78. The van der Waals surface area contributed by atoms with E-state index in [2.05, 4.69) is 10.6 Å². The van der Waals surface area contributed by atoms with Crippen molar-refractivity contribution in [2.24, 2.45) is 0 Å². The van der Waals surface area contributed by atoms with Gasteiger partial charge in [0.15, 0.2) is 5.78 Å². The zero-order valence-electron chi connectivity index (χ0n) is 15.6. The van der Waals surface area contributed by atoms with Crippen molar-refractivity contribution in [3.63, 3.8) is 0 Å². The Hall–Kier alpha value is -3.19. The average molecular weight is 369 g/mol. The van der Waals surface area contributed by atoms with Crippen molar-refractivity contribution >= 4 is 29.0 Å². The number of ketones is 1. The van der Waals surface area contributed by atoms with E-state index in [1.54, 1.807) is 67.6 Å². The number of nitrogens with zero attached hydrogens (tertiary/aromatic N) is 1. The molecule has 7 heteroatoms. The van der Waals surface area contributed by atoms with E-state index in [9.17, 15) is 14.4 Å². The second-order valence-corrected chi connectivity index (χ2v) is 6.13. The number of carbonyl (C=O) groups is 3. The summed E-state index contributed by atoms with van der Waals surface area (Å²) >= 11 is 0. The van der Waals surface area contributed by atoms with E-state index in [0.29, 0.717) is 22.7 Å². The summed E-state index contributed by atoms with van der Waals surface area (Å²) in [6.45, 7) is 1.62. The first-order valence-corrected chi connectivity index (χ1v) is 8.40. The smallest absolute Gasteiger partial charge is 0.238 e. The highest BCUT2D eigenvalue weighted by molar-refractivity contribution is 5.96. The number of methoxy groups -OCH3 is 1. The molecule has 2 rings (SSSR count). The number of anilines is 2. The van der Waals surface area contributed by atoms with Crippen LogP contribution in [0.25, 0.3) is 0 Å². The Labute approximate surface area is 158 Å². The molecule has 0 saturated carbocycles. The van der Waals surface area contributed by atoms with Crippen LogP contribution >= 0.6 is 0 Å². The number of likely N-dealkylation sites (N-methyl/N-ethyl adjacent to an activating group) is 1. The fourth-order valence-corrected chi connectivity index (χ4v) is 2.41. The number of amides is 2. The first kappa shape index (κ1) is 20.1. The van der Waals surface area contributed by atoms with Gasteiger partial charge in [-0.25, -0.2) is 0 Å². The Morgan fingerprint density at radius 2 is 1.30 bits per heavy atom. The summed E-state index contributed by atoms with van der Waals surface area (Å²) in [5.74, 6) is 0.209. The lowest BCUT2D eigenvalue weighted by molar-refractivity contribution is -0.119. The van der Waals surface area contributed by atoms with Crippen molar-refractivity contribution in [3.8, 4) is 5.75 Å². The molecule has 0 aromatic heterocycles. The Kier molecular flexibility index (Phi) is 7.08. The van der Waals surface area contributed by atoms with Gasteiger partial charge in [0.05, 0.1) is 20.2 Å². The minimum Gasteiger partial charge on any atom is -0.497 e. The van der Waals surface area contributed by atoms with Crippen molar-refractivity contribution < 1.29 is 19.1 Å². The van der Waals surface area contributed by atoms with Crippen molar-refractivity contribution in [1.82, 2.24) is 4.90 Å². The fourth-order valence-electron chi connectivity index (χ4n) is 2.41. The van der Waals surface area contributed by atoms with Crippen LogP contribution in [0.1, 0.15) is 17.3 Å². The molecule has 2 amide bonds. The fraction of sp³-hybridized carbons (Fsp3) is 0.250. The summed E-state index contributed by atoms with van der Waals surface area (Å²) in [5.41, 5.74) is 1.84. The van der Waals surface area contributed by atoms with E-state index < -0.39 is 0 Å². The summed E-state index contributed by atoms with van der Waals surface area (Å²) in [6.07, 6.45) is 0. The molecule has 0 aliphatic rings. The maximum Gasteiger partial charge on any atom is 0.238 e. The molecule has 0 unspecified atom stereocenters. The lowest BCUT2D eigenvalue weighted by Gasteiger charge is -2.16. The van der Waals surface area contributed by atoms with Crippen LogP contribution in [-0.4, -0.2) is 49.7 Å². The first-order chi connectivity index (χ1) is 12.9. The van der Waals surface area contributed by atoms with Gasteiger partial charge in [-0.2, -0.15) is 0 Å². The second-order valence-electron chi connectivity index (χ2n) is 6.13. The molecule has 2 N–H and O–H groups in total. The Morgan fingerprint density at radius 1 is 0.852 bits per heavy atom. The highest BCUT2D eigenvalue weighted by Gasteiger charge is 2.11. The van der Waals surface area contributed by atoms with Gasteiger partial charge in [0.25, 0.3) is 0 Å². The lowest BCUT2D eigenvalue weighted by Crippen LogP contribution is -2.36. The SMILES string of the molecule is COc1ccc(NC(=O)CN(C)CC(=O)Nc2ccc(C(C)=O)cc2)cc1. The molecule has 0 bridgehead atoms. The molecule has 2 aromatic carbocycles. The van der Waals surface area contributed by atoms with Crippen molar-refractivity contribution in [2.75, 3.05) is 37.9 Å². The number of hydrogen-bond donors (Lipinski definition) is 2. The topological polar surface area (TPSA) is 87.7 Å². The van der Waals surface area contributed by atoms with Gasteiger partial charge in [0.2, 0.25) is 11.8 Å². The van der Waals surface area contributed by atoms with Crippen LogP contribution in [0.3, 0.4) is 0 Å². The third-order valence-electron chi connectivity index (χ3n) is 3.78. The normalized spacial score (nSPS) is 10.4. The first-order valence-electron chi connectivity index (χ1n) is 8.40. The van der Waals surface area contributed by atoms with E-state index in [1.807, 2.05) is 0 Å². The van der Waals surface area contributed by atoms with Crippen molar-refractivity contribution in [2.45, 2.75) is 6.92 Å². The Bertz CT molecular complexity index is 801. The van der Waals surface area contributed by atoms with Gasteiger partial charge in [0, 0.05) is 16.9 Å². The molecule has 0 saturated heterocycles. The number of benzene rings is 2. The van der Waals surface area contributed by atoms with E-state index in [4.69, 9.17) is 4.74 Å². The highest BCUT2D eigenvalue weighted by Crippen LogP contribution is 2.15. The summed E-state index contributed by atoms with van der Waals surface area (Å²) < 4.78 is 5.07. The minimum absolute atomic E-state index is 0.0320. The average Bonchev–Trinajstić information content (AvgIpc) is 2.62. The van der Waals surface area contributed by atoms with Gasteiger partial charge in [0.1, 0.15) is 5.75 Å². The summed E-state index contributed by atoms with van der Waals surface area (Å²) in [5, 5.41) is 5.50. The number of carbonyl (C=O) groups excluding carboxylic acids is 3. The number of nitrogens with one attached hydrogen (secondary N) is 2. The van der Waals surface area contributed by atoms with Crippen LogP contribution in [0.15, 0.2) is 48.5 Å². The van der Waals surface area contributed by atoms with Gasteiger partial charge >= 0.3 is 0 Å². The van der Waals surface area contributed by atoms with Crippen molar-refractivity contribution in [3.05, 3.63) is 54.1 Å². The number of Topliss-reactive ketones (excluding diaryl/α,β-unsaturated/α-hetero) is 1.